The van der Waals surface area contributed by atoms with Crippen LogP contribution < -0.4 is 5.32 Å². The van der Waals surface area contributed by atoms with Crippen LogP contribution in [0.1, 0.15) is 22.2 Å². The predicted molar refractivity (Wildman–Crippen MR) is 116 cm³/mol. The number of hydrogen-bond acceptors (Lipinski definition) is 3. The summed E-state index contributed by atoms with van der Waals surface area (Å²) in [7, 11) is 0. The number of alkyl halides is 3. The Morgan fingerprint density at radius 2 is 1.71 bits per heavy atom. The number of benzene rings is 2. The summed E-state index contributed by atoms with van der Waals surface area (Å²) in [6, 6.07) is 15.4. The first-order chi connectivity index (χ1) is 14.7. The number of carbonyl (C=O) groups excluding carboxylic acids is 2. The van der Waals surface area contributed by atoms with Gasteiger partial charge in [0.25, 0.3) is 5.91 Å². The molecule has 1 N–H and O–H groups in total. The van der Waals surface area contributed by atoms with E-state index in [1.54, 1.807) is 31.2 Å². The van der Waals surface area contributed by atoms with Crippen molar-refractivity contribution in [1.29, 1.82) is 0 Å². The zero-order valence-electron chi connectivity index (χ0n) is 16.4. The summed E-state index contributed by atoms with van der Waals surface area (Å²) >= 11 is 7.16. The van der Waals surface area contributed by atoms with E-state index < -0.39 is 17.6 Å². The summed E-state index contributed by atoms with van der Waals surface area (Å²) in [6.45, 7) is 1.56. The van der Waals surface area contributed by atoms with Gasteiger partial charge >= 0.3 is 6.18 Å². The van der Waals surface area contributed by atoms with Gasteiger partial charge in [-0.05, 0) is 48.9 Å². The van der Waals surface area contributed by atoms with Crippen molar-refractivity contribution >= 4 is 40.4 Å². The minimum Gasteiger partial charge on any atom is -0.329 e. The summed E-state index contributed by atoms with van der Waals surface area (Å²) in [6.07, 6.45) is -4.60. The van der Waals surface area contributed by atoms with Crippen LogP contribution in [0.25, 0.3) is 10.4 Å². The molecule has 0 bridgehead atoms. The molecule has 0 saturated heterocycles. The van der Waals surface area contributed by atoms with E-state index in [1.807, 2.05) is 12.1 Å². The highest BCUT2D eigenvalue weighted by Crippen LogP contribution is 2.34. The van der Waals surface area contributed by atoms with Crippen LogP contribution in [0, 0.1) is 0 Å². The predicted octanol–water partition coefficient (Wildman–Crippen LogP) is 6.19. The highest BCUT2D eigenvalue weighted by molar-refractivity contribution is 7.17. The Balaban J connectivity index is 1.71. The van der Waals surface area contributed by atoms with Crippen LogP contribution in [-0.4, -0.2) is 29.8 Å². The van der Waals surface area contributed by atoms with Crippen LogP contribution in [0.15, 0.2) is 60.7 Å². The summed E-state index contributed by atoms with van der Waals surface area (Å²) < 4.78 is 39.4. The molecule has 0 radical (unpaired) electrons. The average molecular weight is 467 g/mol. The number of halogens is 4. The second-order valence-corrected chi connectivity index (χ2v) is 8.10. The summed E-state index contributed by atoms with van der Waals surface area (Å²) in [5, 5.41) is 2.87. The zero-order valence-corrected chi connectivity index (χ0v) is 17.9. The lowest BCUT2D eigenvalue weighted by Gasteiger charge is -2.20. The molecule has 3 rings (SSSR count). The summed E-state index contributed by atoms with van der Waals surface area (Å²) in [5.41, 5.74) is -0.383. The molecule has 0 aliphatic carbocycles. The van der Waals surface area contributed by atoms with Gasteiger partial charge in [0.15, 0.2) is 0 Å². The normalized spacial score (nSPS) is 11.3. The van der Waals surface area contributed by atoms with Crippen molar-refractivity contribution in [3.8, 4) is 10.4 Å². The van der Waals surface area contributed by atoms with Crippen molar-refractivity contribution in [3.63, 3.8) is 0 Å². The SMILES string of the molecule is CCN(CC(=O)Nc1ccccc1C(F)(F)F)C(=O)c1ccc(-c2ccc(Cl)cc2)s1. The Kier molecular flexibility index (Phi) is 7.02. The largest absolute Gasteiger partial charge is 0.418 e. The van der Waals surface area contributed by atoms with Gasteiger partial charge in [0.2, 0.25) is 5.91 Å². The molecule has 3 aromatic rings. The number of nitrogens with zero attached hydrogens (tertiary/aromatic N) is 1. The Morgan fingerprint density at radius 3 is 2.35 bits per heavy atom. The summed E-state index contributed by atoms with van der Waals surface area (Å²) in [4.78, 5) is 27.8. The van der Waals surface area contributed by atoms with Crippen molar-refractivity contribution in [2.24, 2.45) is 0 Å². The molecule has 0 aliphatic rings. The number of para-hydroxylation sites is 1. The van der Waals surface area contributed by atoms with Gasteiger partial charge in [-0.3, -0.25) is 9.59 Å². The third-order valence-corrected chi connectivity index (χ3v) is 5.83. The molecular formula is C22H18ClF3N2O2S. The average Bonchev–Trinajstić information content (AvgIpc) is 3.22. The molecule has 1 aromatic heterocycles. The maximum Gasteiger partial charge on any atom is 0.418 e. The first-order valence-corrected chi connectivity index (χ1v) is 10.5. The van der Waals surface area contributed by atoms with Crippen LogP contribution in [-0.2, 0) is 11.0 Å². The number of amides is 2. The maximum atomic E-state index is 13.1. The fraction of sp³-hybridized carbons (Fsp3) is 0.182. The van der Waals surface area contributed by atoms with E-state index >= 15 is 0 Å². The lowest BCUT2D eigenvalue weighted by atomic mass is 10.1. The Morgan fingerprint density at radius 1 is 1.03 bits per heavy atom. The van der Waals surface area contributed by atoms with Crippen molar-refractivity contribution in [3.05, 3.63) is 76.1 Å². The molecule has 0 atom stereocenters. The molecular weight excluding hydrogens is 449 g/mol. The molecule has 0 aliphatic heterocycles. The molecule has 2 amide bonds. The van der Waals surface area contributed by atoms with E-state index in [0.29, 0.717) is 9.90 Å². The first-order valence-electron chi connectivity index (χ1n) is 9.30. The quantitative estimate of drug-likeness (QED) is 0.471. The van der Waals surface area contributed by atoms with Gasteiger partial charge in [0.1, 0.15) is 6.54 Å². The fourth-order valence-corrected chi connectivity index (χ4v) is 4.01. The van der Waals surface area contributed by atoms with E-state index in [2.05, 4.69) is 5.32 Å². The number of rotatable bonds is 6. The molecule has 2 aromatic carbocycles. The minimum atomic E-state index is -4.60. The van der Waals surface area contributed by atoms with Gasteiger partial charge in [-0.2, -0.15) is 13.2 Å². The smallest absolute Gasteiger partial charge is 0.329 e. The molecule has 162 valence electrons. The second kappa shape index (κ2) is 9.53. The highest BCUT2D eigenvalue weighted by atomic mass is 35.5. The van der Waals surface area contributed by atoms with Crippen LogP contribution in [0.5, 0.6) is 0 Å². The summed E-state index contributed by atoms with van der Waals surface area (Å²) in [5.74, 6) is -1.08. The van der Waals surface area contributed by atoms with Gasteiger partial charge in [-0.1, -0.05) is 35.9 Å². The van der Waals surface area contributed by atoms with Gasteiger partial charge in [0.05, 0.1) is 16.1 Å². The van der Waals surface area contributed by atoms with Gasteiger partial charge in [-0.25, -0.2) is 0 Å². The van der Waals surface area contributed by atoms with E-state index in [0.717, 1.165) is 16.5 Å². The fourth-order valence-electron chi connectivity index (χ4n) is 2.91. The third-order valence-electron chi connectivity index (χ3n) is 4.46. The van der Waals surface area contributed by atoms with Crippen molar-refractivity contribution in [1.82, 2.24) is 4.90 Å². The first kappa shape index (κ1) is 22.8. The van der Waals surface area contributed by atoms with E-state index in [4.69, 9.17) is 11.6 Å². The monoisotopic (exact) mass is 466 g/mol. The Hall–Kier alpha value is -2.84. The lowest BCUT2D eigenvalue weighted by Crippen LogP contribution is -2.37. The van der Waals surface area contributed by atoms with Crippen LogP contribution in [0.3, 0.4) is 0 Å². The lowest BCUT2D eigenvalue weighted by molar-refractivity contribution is -0.137. The number of anilines is 1. The third kappa shape index (κ3) is 5.65. The van der Waals surface area contributed by atoms with Crippen LogP contribution in [0.2, 0.25) is 5.02 Å². The molecule has 0 spiro atoms. The second-order valence-electron chi connectivity index (χ2n) is 6.58. The maximum absolute atomic E-state index is 13.1. The van der Waals surface area contributed by atoms with Crippen molar-refractivity contribution in [2.75, 3.05) is 18.4 Å². The molecule has 0 unspecified atom stereocenters. The molecule has 0 fully saturated rings. The topological polar surface area (TPSA) is 49.4 Å². The molecule has 0 saturated carbocycles. The van der Waals surface area contributed by atoms with Crippen LogP contribution in [0.4, 0.5) is 18.9 Å². The molecule has 9 heteroatoms. The van der Waals surface area contributed by atoms with Gasteiger partial charge < -0.3 is 10.2 Å². The minimum absolute atomic E-state index is 0.224. The van der Waals surface area contributed by atoms with E-state index in [1.165, 1.54) is 34.4 Å². The number of carbonyl (C=O) groups is 2. The Bertz CT molecular complexity index is 1080. The molecule has 4 nitrogen and oxygen atoms in total. The van der Waals surface area contributed by atoms with Crippen molar-refractivity contribution < 1.29 is 22.8 Å². The molecule has 1 heterocycles. The van der Waals surface area contributed by atoms with Crippen LogP contribution >= 0.6 is 22.9 Å². The highest BCUT2D eigenvalue weighted by Gasteiger charge is 2.33. The van der Waals surface area contributed by atoms with Crippen molar-refractivity contribution in [2.45, 2.75) is 13.1 Å². The molecule has 31 heavy (non-hydrogen) atoms. The number of hydrogen-bond donors (Lipinski definition) is 1. The standard InChI is InChI=1S/C22H18ClF3N2O2S/c1-2-28(13-20(29)27-17-6-4-3-5-16(17)22(24,25)26)21(30)19-12-11-18(31-19)14-7-9-15(23)10-8-14/h3-12H,2,13H2,1H3,(H,27,29). The number of thiophene rings is 1. The number of nitrogens with one attached hydrogen (secondary N) is 1. The zero-order chi connectivity index (χ0) is 22.6. The number of likely N-dealkylation sites (N-methyl/N-ethyl adjacent to an activating group) is 1. The van der Waals surface area contributed by atoms with E-state index in [9.17, 15) is 22.8 Å². The van der Waals surface area contributed by atoms with Gasteiger partial charge in [0, 0.05) is 16.4 Å². The Labute approximate surface area is 186 Å². The van der Waals surface area contributed by atoms with E-state index in [-0.39, 0.29) is 24.7 Å². The van der Waals surface area contributed by atoms with Gasteiger partial charge in [-0.15, -0.1) is 11.3 Å².